The number of amides is 2. The average molecular weight is 371 g/mol. The Bertz CT molecular complexity index is 1030. The number of hydrogen-bond acceptors (Lipinski definition) is 4. The van der Waals surface area contributed by atoms with Crippen LogP contribution in [0.2, 0.25) is 0 Å². The van der Waals surface area contributed by atoms with E-state index < -0.39 is 0 Å². The van der Waals surface area contributed by atoms with Crippen LogP contribution in [0.5, 0.6) is 0 Å². The first kappa shape index (κ1) is 16.8. The van der Waals surface area contributed by atoms with E-state index in [1.807, 2.05) is 29.3 Å². The Morgan fingerprint density at radius 3 is 2.69 bits per heavy atom. The number of imidazole rings is 1. The molecule has 1 aromatic carbocycles. The van der Waals surface area contributed by atoms with Gasteiger partial charge >= 0.3 is 11.7 Å². The van der Waals surface area contributed by atoms with Crippen molar-refractivity contribution in [1.29, 1.82) is 0 Å². The SMILES string of the molecule is Cc1cc2c(cc1NC(=O)N1CCC[C@@H]1c1nccs1)n(C)c(=O)n2C. The second-order valence-corrected chi connectivity index (χ2v) is 7.63. The highest BCUT2D eigenvalue weighted by Gasteiger charge is 2.31. The second-order valence-electron chi connectivity index (χ2n) is 6.71. The van der Waals surface area contributed by atoms with Gasteiger partial charge in [0.25, 0.3) is 0 Å². The standard InChI is InChI=1S/C18H21N5O2S/c1-11-9-14-15(22(3)18(25)21(14)2)10-12(11)20-17(24)23-7-4-5-13(23)16-19-6-8-26-16/h6,8-10,13H,4-5,7H2,1-3H3,(H,20,24)/t13-/m1/s1. The molecule has 1 aliphatic heterocycles. The lowest BCUT2D eigenvalue weighted by molar-refractivity contribution is 0.207. The summed E-state index contributed by atoms with van der Waals surface area (Å²) in [6.45, 7) is 2.66. The number of hydrogen-bond donors (Lipinski definition) is 1. The predicted molar refractivity (Wildman–Crippen MR) is 103 cm³/mol. The molecule has 136 valence electrons. The van der Waals surface area contributed by atoms with Crippen molar-refractivity contribution < 1.29 is 4.79 Å². The first-order valence-corrected chi connectivity index (χ1v) is 9.48. The normalized spacial score (nSPS) is 17.2. The van der Waals surface area contributed by atoms with Crippen molar-refractivity contribution in [3.63, 3.8) is 0 Å². The van der Waals surface area contributed by atoms with Gasteiger partial charge in [-0.05, 0) is 37.5 Å². The summed E-state index contributed by atoms with van der Waals surface area (Å²) < 4.78 is 3.21. The number of urea groups is 1. The molecular formula is C18H21N5O2S. The molecule has 4 rings (SSSR count). The van der Waals surface area contributed by atoms with Crippen molar-refractivity contribution in [2.45, 2.75) is 25.8 Å². The van der Waals surface area contributed by atoms with Gasteiger partial charge in [-0.2, -0.15) is 0 Å². The third-order valence-electron chi connectivity index (χ3n) is 5.11. The zero-order chi connectivity index (χ0) is 18.4. The number of anilines is 1. The minimum atomic E-state index is -0.119. The summed E-state index contributed by atoms with van der Waals surface area (Å²) in [5, 5.41) is 5.96. The lowest BCUT2D eigenvalue weighted by Crippen LogP contribution is -2.34. The summed E-state index contributed by atoms with van der Waals surface area (Å²) >= 11 is 1.59. The fourth-order valence-electron chi connectivity index (χ4n) is 3.64. The maximum absolute atomic E-state index is 12.9. The molecule has 1 atom stereocenters. The Kier molecular flexibility index (Phi) is 4.07. The van der Waals surface area contributed by atoms with Crippen molar-refractivity contribution in [1.82, 2.24) is 19.0 Å². The highest BCUT2D eigenvalue weighted by molar-refractivity contribution is 7.09. The van der Waals surface area contributed by atoms with Crippen LogP contribution in [0.15, 0.2) is 28.5 Å². The van der Waals surface area contributed by atoms with E-state index in [4.69, 9.17) is 0 Å². The lowest BCUT2D eigenvalue weighted by Gasteiger charge is -2.24. The summed E-state index contributed by atoms with van der Waals surface area (Å²) in [6, 6.07) is 3.73. The monoisotopic (exact) mass is 371 g/mol. The van der Waals surface area contributed by atoms with Crippen molar-refractivity contribution in [2.24, 2.45) is 14.1 Å². The third-order valence-corrected chi connectivity index (χ3v) is 5.99. The number of nitrogens with one attached hydrogen (secondary N) is 1. The second kappa shape index (κ2) is 6.28. The van der Waals surface area contributed by atoms with Crippen LogP contribution in [-0.2, 0) is 14.1 Å². The third kappa shape index (κ3) is 2.61. The summed E-state index contributed by atoms with van der Waals surface area (Å²) in [5.41, 5.74) is 3.24. The lowest BCUT2D eigenvalue weighted by atomic mass is 10.1. The number of aromatic nitrogens is 3. The van der Waals surface area contributed by atoms with Gasteiger partial charge in [-0.25, -0.2) is 14.6 Å². The van der Waals surface area contributed by atoms with Crippen LogP contribution in [0.3, 0.4) is 0 Å². The number of carbonyl (C=O) groups is 1. The molecule has 0 spiro atoms. The largest absolute Gasteiger partial charge is 0.328 e. The molecule has 1 N–H and O–H groups in total. The van der Waals surface area contributed by atoms with Crippen molar-refractivity contribution >= 4 is 34.1 Å². The van der Waals surface area contributed by atoms with Gasteiger partial charge in [0.15, 0.2) is 0 Å². The van der Waals surface area contributed by atoms with Crippen LogP contribution in [-0.4, -0.2) is 31.6 Å². The molecule has 2 aromatic heterocycles. The van der Waals surface area contributed by atoms with E-state index in [-0.39, 0.29) is 17.8 Å². The van der Waals surface area contributed by atoms with E-state index in [1.54, 1.807) is 40.8 Å². The average Bonchev–Trinajstić information content (AvgIpc) is 3.34. The van der Waals surface area contributed by atoms with E-state index in [1.165, 1.54) is 0 Å². The molecule has 1 saturated heterocycles. The number of fused-ring (bicyclic) bond motifs is 1. The fraction of sp³-hybridized carbons (Fsp3) is 0.389. The topological polar surface area (TPSA) is 72.2 Å². The van der Waals surface area contributed by atoms with Crippen LogP contribution in [0.25, 0.3) is 11.0 Å². The first-order valence-electron chi connectivity index (χ1n) is 8.60. The van der Waals surface area contributed by atoms with E-state index in [9.17, 15) is 9.59 Å². The number of rotatable bonds is 2. The quantitative estimate of drug-likeness (QED) is 0.753. The van der Waals surface area contributed by atoms with Gasteiger partial charge in [0, 0.05) is 37.9 Å². The van der Waals surface area contributed by atoms with Gasteiger partial charge in [-0.1, -0.05) is 0 Å². The number of thiazole rings is 1. The molecule has 1 fully saturated rings. The maximum Gasteiger partial charge on any atom is 0.328 e. The Balaban J connectivity index is 1.64. The molecule has 3 aromatic rings. The number of likely N-dealkylation sites (tertiary alicyclic amines) is 1. The molecule has 0 bridgehead atoms. The summed E-state index contributed by atoms with van der Waals surface area (Å²) in [7, 11) is 3.50. The fourth-order valence-corrected chi connectivity index (χ4v) is 4.42. The van der Waals surface area contributed by atoms with Crippen LogP contribution in [0, 0.1) is 6.92 Å². The predicted octanol–water partition coefficient (Wildman–Crippen LogP) is 3.01. The first-order chi connectivity index (χ1) is 12.5. The molecule has 26 heavy (non-hydrogen) atoms. The molecular weight excluding hydrogens is 350 g/mol. The Hall–Kier alpha value is -2.61. The van der Waals surface area contributed by atoms with Crippen LogP contribution in [0.4, 0.5) is 10.5 Å². The van der Waals surface area contributed by atoms with Crippen molar-refractivity contribution in [3.8, 4) is 0 Å². The highest BCUT2D eigenvalue weighted by Crippen LogP contribution is 2.33. The number of carbonyl (C=O) groups excluding carboxylic acids is 1. The van der Waals surface area contributed by atoms with Crippen molar-refractivity contribution in [3.05, 3.63) is 44.8 Å². The van der Waals surface area contributed by atoms with Crippen LogP contribution >= 0.6 is 11.3 Å². The molecule has 0 saturated carbocycles. The number of benzene rings is 1. The van der Waals surface area contributed by atoms with Gasteiger partial charge in [0.2, 0.25) is 0 Å². The van der Waals surface area contributed by atoms with E-state index in [0.717, 1.165) is 46.7 Å². The van der Waals surface area contributed by atoms with E-state index >= 15 is 0 Å². The molecule has 3 heterocycles. The molecule has 8 heteroatoms. The maximum atomic E-state index is 12.9. The summed E-state index contributed by atoms with van der Waals surface area (Å²) in [4.78, 5) is 31.3. The molecule has 7 nitrogen and oxygen atoms in total. The van der Waals surface area contributed by atoms with Gasteiger partial charge in [0.05, 0.1) is 17.1 Å². The Morgan fingerprint density at radius 1 is 1.27 bits per heavy atom. The van der Waals surface area contributed by atoms with Crippen LogP contribution < -0.4 is 11.0 Å². The summed E-state index contributed by atoms with van der Waals surface area (Å²) in [5.74, 6) is 0. The summed E-state index contributed by atoms with van der Waals surface area (Å²) in [6.07, 6.45) is 3.69. The van der Waals surface area contributed by atoms with Gasteiger partial charge in [-0.15, -0.1) is 11.3 Å². The van der Waals surface area contributed by atoms with Gasteiger partial charge < -0.3 is 10.2 Å². The molecule has 2 amide bonds. The van der Waals surface area contributed by atoms with Crippen LogP contribution in [0.1, 0.15) is 29.5 Å². The highest BCUT2D eigenvalue weighted by atomic mass is 32.1. The smallest absolute Gasteiger partial charge is 0.315 e. The molecule has 0 unspecified atom stereocenters. The zero-order valence-electron chi connectivity index (χ0n) is 15.0. The Labute approximate surface area is 154 Å². The van der Waals surface area contributed by atoms with Gasteiger partial charge in [-0.3, -0.25) is 9.13 Å². The number of nitrogens with zero attached hydrogens (tertiary/aromatic N) is 4. The van der Waals surface area contributed by atoms with Gasteiger partial charge in [0.1, 0.15) is 5.01 Å². The zero-order valence-corrected chi connectivity index (χ0v) is 15.8. The molecule has 1 aliphatic rings. The minimum absolute atomic E-state index is 0.0418. The molecule has 0 radical (unpaired) electrons. The molecule has 0 aliphatic carbocycles. The number of aryl methyl sites for hydroxylation is 3. The van der Waals surface area contributed by atoms with Crippen molar-refractivity contribution in [2.75, 3.05) is 11.9 Å². The van der Waals surface area contributed by atoms with E-state index in [2.05, 4.69) is 10.3 Å². The minimum Gasteiger partial charge on any atom is -0.315 e. The van der Waals surface area contributed by atoms with E-state index in [0.29, 0.717) is 0 Å². The Morgan fingerprint density at radius 2 is 2.00 bits per heavy atom.